The number of nitrogens with one attached hydrogen (secondary N) is 1. The summed E-state index contributed by atoms with van der Waals surface area (Å²) in [5.74, 6) is -2.21. The minimum atomic E-state index is -0.920. The van der Waals surface area contributed by atoms with Gasteiger partial charge in [-0.1, -0.05) is 29.3 Å². The third-order valence-electron chi connectivity index (χ3n) is 3.43. The number of anilines is 1. The second-order valence-corrected chi connectivity index (χ2v) is 5.96. The van der Waals surface area contributed by atoms with Crippen LogP contribution in [-0.2, 0) is 9.53 Å². The second kappa shape index (κ2) is 7.45. The van der Waals surface area contributed by atoms with Crippen molar-refractivity contribution in [3.63, 3.8) is 0 Å². The van der Waals surface area contributed by atoms with Gasteiger partial charge in [0.25, 0.3) is 5.91 Å². The van der Waals surface area contributed by atoms with E-state index in [0.29, 0.717) is 5.69 Å². The summed E-state index contributed by atoms with van der Waals surface area (Å²) in [5, 5.41) is 2.88. The summed E-state index contributed by atoms with van der Waals surface area (Å²) < 4.78 is 18.5. The van der Waals surface area contributed by atoms with Crippen LogP contribution in [0, 0.1) is 26.6 Å². The number of hydrogen-bond acceptors (Lipinski definition) is 3. The van der Waals surface area contributed by atoms with Gasteiger partial charge >= 0.3 is 5.97 Å². The van der Waals surface area contributed by atoms with Crippen LogP contribution in [0.15, 0.2) is 30.3 Å². The average molecular weight is 350 g/mol. The predicted octanol–water partition coefficient (Wildman–Crippen LogP) is 4.20. The van der Waals surface area contributed by atoms with Crippen LogP contribution in [0.3, 0.4) is 0 Å². The minimum Gasteiger partial charge on any atom is -0.452 e. The number of carbonyl (C=O) groups is 2. The fourth-order valence-corrected chi connectivity index (χ4v) is 2.58. The quantitative estimate of drug-likeness (QED) is 0.842. The number of aryl methyl sites for hydroxylation is 3. The van der Waals surface area contributed by atoms with Crippen molar-refractivity contribution >= 4 is 29.2 Å². The van der Waals surface area contributed by atoms with Crippen LogP contribution in [0.5, 0.6) is 0 Å². The molecule has 2 rings (SSSR count). The molecule has 1 amide bonds. The Morgan fingerprint density at radius 3 is 2.33 bits per heavy atom. The Hall–Kier alpha value is -2.40. The van der Waals surface area contributed by atoms with Gasteiger partial charge in [-0.25, -0.2) is 9.18 Å². The van der Waals surface area contributed by atoms with E-state index in [1.54, 1.807) is 0 Å². The lowest BCUT2D eigenvalue weighted by atomic mass is 10.1. The third kappa shape index (κ3) is 4.32. The van der Waals surface area contributed by atoms with Crippen LogP contribution in [0.1, 0.15) is 27.0 Å². The smallest absolute Gasteiger partial charge is 0.341 e. The zero-order chi connectivity index (χ0) is 17.9. The Morgan fingerprint density at radius 2 is 1.75 bits per heavy atom. The maximum atomic E-state index is 13.6. The van der Waals surface area contributed by atoms with Crippen LogP contribution in [0.25, 0.3) is 0 Å². The summed E-state index contributed by atoms with van der Waals surface area (Å²) in [6.07, 6.45) is 0. The lowest BCUT2D eigenvalue weighted by molar-refractivity contribution is -0.119. The van der Waals surface area contributed by atoms with Gasteiger partial charge in [0, 0.05) is 10.7 Å². The van der Waals surface area contributed by atoms with E-state index in [1.165, 1.54) is 12.1 Å². The van der Waals surface area contributed by atoms with E-state index in [2.05, 4.69) is 5.32 Å². The molecule has 0 aromatic heterocycles. The minimum absolute atomic E-state index is 0.173. The van der Waals surface area contributed by atoms with Crippen molar-refractivity contribution in [2.75, 3.05) is 11.9 Å². The van der Waals surface area contributed by atoms with E-state index in [9.17, 15) is 14.0 Å². The van der Waals surface area contributed by atoms with E-state index < -0.39 is 24.3 Å². The largest absolute Gasteiger partial charge is 0.452 e. The molecular formula is C18H17ClFNO3. The molecular weight excluding hydrogens is 333 g/mol. The first-order valence-corrected chi connectivity index (χ1v) is 7.65. The van der Waals surface area contributed by atoms with Crippen molar-refractivity contribution in [3.05, 3.63) is 63.4 Å². The molecule has 4 nitrogen and oxygen atoms in total. The number of amides is 1. The molecule has 0 aliphatic rings. The molecule has 6 heteroatoms. The number of benzene rings is 2. The number of esters is 1. The molecule has 126 valence electrons. The molecule has 2 aromatic carbocycles. The zero-order valence-corrected chi connectivity index (χ0v) is 14.3. The fourth-order valence-electron chi connectivity index (χ4n) is 2.42. The summed E-state index contributed by atoms with van der Waals surface area (Å²) >= 11 is 5.62. The Bertz CT molecular complexity index is 782. The van der Waals surface area contributed by atoms with Crippen molar-refractivity contribution in [1.29, 1.82) is 0 Å². The van der Waals surface area contributed by atoms with Crippen LogP contribution in [0.4, 0.5) is 10.1 Å². The molecule has 0 atom stereocenters. The average Bonchev–Trinajstić information content (AvgIpc) is 2.48. The summed E-state index contributed by atoms with van der Waals surface area (Å²) in [7, 11) is 0. The van der Waals surface area contributed by atoms with Gasteiger partial charge < -0.3 is 10.1 Å². The monoisotopic (exact) mass is 349 g/mol. The van der Waals surface area contributed by atoms with Gasteiger partial charge in [-0.15, -0.1) is 0 Å². The molecule has 0 spiro atoms. The van der Waals surface area contributed by atoms with E-state index >= 15 is 0 Å². The van der Waals surface area contributed by atoms with Crippen LogP contribution in [0.2, 0.25) is 5.02 Å². The van der Waals surface area contributed by atoms with Crippen LogP contribution < -0.4 is 5.32 Å². The highest BCUT2D eigenvalue weighted by Gasteiger charge is 2.16. The molecule has 0 radical (unpaired) electrons. The van der Waals surface area contributed by atoms with Crippen molar-refractivity contribution in [2.24, 2.45) is 0 Å². The molecule has 0 aliphatic carbocycles. The van der Waals surface area contributed by atoms with Gasteiger partial charge in [0.2, 0.25) is 0 Å². The number of rotatable bonds is 4. The number of carbonyl (C=O) groups excluding carboxylic acids is 2. The molecule has 0 saturated heterocycles. The molecule has 0 unspecified atom stereocenters. The maximum absolute atomic E-state index is 13.6. The van der Waals surface area contributed by atoms with Crippen LogP contribution in [-0.4, -0.2) is 18.5 Å². The van der Waals surface area contributed by atoms with Crippen molar-refractivity contribution < 1.29 is 18.7 Å². The number of ether oxygens (including phenoxy) is 1. The lowest BCUT2D eigenvalue weighted by Crippen LogP contribution is -2.22. The molecule has 1 N–H and O–H groups in total. The first kappa shape index (κ1) is 17.9. The molecule has 0 aliphatic heterocycles. The molecule has 0 bridgehead atoms. The highest BCUT2D eigenvalue weighted by Crippen LogP contribution is 2.22. The van der Waals surface area contributed by atoms with E-state index in [1.807, 2.05) is 32.9 Å². The Labute approximate surface area is 144 Å². The van der Waals surface area contributed by atoms with Gasteiger partial charge in [-0.2, -0.15) is 0 Å². The van der Waals surface area contributed by atoms with Gasteiger partial charge in [0.05, 0.1) is 5.56 Å². The normalized spacial score (nSPS) is 10.4. The highest BCUT2D eigenvalue weighted by molar-refractivity contribution is 6.30. The highest BCUT2D eigenvalue weighted by atomic mass is 35.5. The molecule has 24 heavy (non-hydrogen) atoms. The van der Waals surface area contributed by atoms with Gasteiger partial charge in [-0.3, -0.25) is 4.79 Å². The van der Waals surface area contributed by atoms with Gasteiger partial charge in [0.15, 0.2) is 6.61 Å². The summed E-state index contributed by atoms with van der Waals surface area (Å²) in [4.78, 5) is 23.8. The van der Waals surface area contributed by atoms with E-state index in [0.717, 1.165) is 22.8 Å². The topological polar surface area (TPSA) is 55.4 Å². The summed E-state index contributed by atoms with van der Waals surface area (Å²) in [5.41, 5.74) is 3.33. The van der Waals surface area contributed by atoms with Crippen molar-refractivity contribution in [2.45, 2.75) is 20.8 Å². The van der Waals surface area contributed by atoms with Gasteiger partial charge in [-0.05, 0) is 50.1 Å². The Kier molecular flexibility index (Phi) is 5.57. The molecule has 0 heterocycles. The molecule has 0 saturated carbocycles. The lowest BCUT2D eigenvalue weighted by Gasteiger charge is -2.13. The van der Waals surface area contributed by atoms with Crippen LogP contribution >= 0.6 is 11.6 Å². The number of halogens is 2. The summed E-state index contributed by atoms with van der Waals surface area (Å²) in [6, 6.07) is 7.49. The Balaban J connectivity index is 2.00. The van der Waals surface area contributed by atoms with Gasteiger partial charge in [0.1, 0.15) is 5.82 Å². The van der Waals surface area contributed by atoms with E-state index in [-0.39, 0.29) is 10.6 Å². The van der Waals surface area contributed by atoms with E-state index in [4.69, 9.17) is 16.3 Å². The second-order valence-electron chi connectivity index (χ2n) is 5.52. The molecule has 0 fully saturated rings. The van der Waals surface area contributed by atoms with Crippen molar-refractivity contribution in [1.82, 2.24) is 0 Å². The zero-order valence-electron chi connectivity index (χ0n) is 13.6. The molecule has 2 aromatic rings. The van der Waals surface area contributed by atoms with Crippen molar-refractivity contribution in [3.8, 4) is 0 Å². The first-order valence-electron chi connectivity index (χ1n) is 7.28. The number of hydrogen-bond donors (Lipinski definition) is 1. The maximum Gasteiger partial charge on any atom is 0.341 e. The predicted molar refractivity (Wildman–Crippen MR) is 91.0 cm³/mol. The third-order valence-corrected chi connectivity index (χ3v) is 3.66. The standard InChI is InChI=1S/C18H17ClFNO3/c1-10-6-11(2)17(12(3)7-10)21-16(22)9-24-18(23)14-5-4-13(19)8-15(14)20/h4-8H,9H2,1-3H3,(H,21,22). The summed E-state index contributed by atoms with van der Waals surface area (Å²) in [6.45, 7) is 5.22. The Morgan fingerprint density at radius 1 is 1.12 bits per heavy atom. The SMILES string of the molecule is Cc1cc(C)c(NC(=O)COC(=O)c2ccc(Cl)cc2F)c(C)c1. The fraction of sp³-hybridized carbons (Fsp3) is 0.222. The first-order chi connectivity index (χ1) is 11.3.